The van der Waals surface area contributed by atoms with E-state index in [-0.39, 0.29) is 0 Å². The van der Waals surface area contributed by atoms with Crippen LogP contribution in [0.4, 0.5) is 13.2 Å². The largest absolute Gasteiger partial charge is 0.416 e. The highest BCUT2D eigenvalue weighted by Crippen LogP contribution is 2.35. The van der Waals surface area contributed by atoms with Crippen molar-refractivity contribution in [3.63, 3.8) is 0 Å². The molecule has 0 aliphatic rings. The lowest BCUT2D eigenvalue weighted by atomic mass is 10.0. The molecule has 0 unspecified atom stereocenters. The van der Waals surface area contributed by atoms with Crippen LogP contribution in [0.25, 0.3) is 54.2 Å². The predicted molar refractivity (Wildman–Crippen MR) is 136 cm³/mol. The predicted octanol–water partition coefficient (Wildman–Crippen LogP) is 6.93. The molecule has 0 radical (unpaired) electrons. The lowest BCUT2D eigenvalue weighted by molar-refractivity contribution is -0.137. The Morgan fingerprint density at radius 1 is 0.568 bits per heavy atom. The van der Waals surface area contributed by atoms with Gasteiger partial charge in [0.05, 0.1) is 16.3 Å². The number of aryl methyl sites for hydroxylation is 1. The summed E-state index contributed by atoms with van der Waals surface area (Å²) < 4.78 is 39.0. The van der Waals surface area contributed by atoms with Crippen molar-refractivity contribution in [3.05, 3.63) is 94.6 Å². The number of fused-ring (bicyclic) bond motifs is 6. The van der Waals surface area contributed by atoms with Crippen molar-refractivity contribution in [2.24, 2.45) is 9.98 Å². The molecular formula is C30H15F3N4. The minimum atomic E-state index is -4.41. The van der Waals surface area contributed by atoms with E-state index in [0.717, 1.165) is 60.8 Å². The highest BCUT2D eigenvalue weighted by Gasteiger charge is 2.30. The van der Waals surface area contributed by atoms with E-state index in [9.17, 15) is 23.7 Å². The van der Waals surface area contributed by atoms with Gasteiger partial charge in [-0.05, 0) is 76.0 Å². The molecule has 0 N–H and O–H groups in total. The number of alkyl halides is 3. The van der Waals surface area contributed by atoms with Gasteiger partial charge in [-0.1, -0.05) is 42.0 Å². The molecule has 0 atom stereocenters. The zero-order valence-corrected chi connectivity index (χ0v) is 19.4. The van der Waals surface area contributed by atoms with Crippen LogP contribution in [-0.2, 0) is 6.18 Å². The summed E-state index contributed by atoms with van der Waals surface area (Å²) in [4.78, 5) is 8.25. The molecule has 0 amide bonds. The lowest BCUT2D eigenvalue weighted by Crippen LogP contribution is -2.04. The van der Waals surface area contributed by atoms with Crippen molar-refractivity contribution in [1.82, 2.24) is 0 Å². The number of halogens is 3. The van der Waals surface area contributed by atoms with Gasteiger partial charge in [-0.15, -0.1) is 0 Å². The Hall–Kier alpha value is -5.01. The van der Waals surface area contributed by atoms with Crippen molar-refractivity contribution in [3.8, 4) is 23.5 Å². The van der Waals surface area contributed by atoms with Gasteiger partial charge in [0, 0.05) is 21.5 Å². The van der Waals surface area contributed by atoms with Gasteiger partial charge in [0.1, 0.15) is 0 Å². The Kier molecular flexibility index (Phi) is 4.86. The van der Waals surface area contributed by atoms with Crippen LogP contribution in [0.3, 0.4) is 0 Å². The molecule has 4 nitrogen and oxygen atoms in total. The van der Waals surface area contributed by atoms with Crippen LogP contribution in [0, 0.1) is 29.8 Å². The topological polar surface area (TPSA) is 72.3 Å². The minimum Gasteiger partial charge on any atom is -0.172 e. The van der Waals surface area contributed by atoms with E-state index in [1.807, 2.05) is 67.8 Å². The summed E-state index contributed by atoms with van der Waals surface area (Å²) in [6, 6.07) is 20.5. The second-order valence-electron chi connectivity index (χ2n) is 8.95. The van der Waals surface area contributed by atoms with E-state index in [1.165, 1.54) is 12.1 Å². The molecule has 0 saturated heterocycles. The summed E-state index contributed by atoms with van der Waals surface area (Å²) >= 11 is 0. The van der Waals surface area contributed by atoms with Gasteiger partial charge in [0.25, 0.3) is 0 Å². The molecule has 0 bridgehead atoms. The van der Waals surface area contributed by atoms with Crippen LogP contribution in [0.2, 0.25) is 0 Å². The van der Waals surface area contributed by atoms with Crippen LogP contribution in [0.1, 0.15) is 11.1 Å². The SMILES string of the molecule is Cc1ccc2c(c1)c(=NC#N)c1cc3c(cc12)c(=NC#N)c1cc(-c2ccc(C(F)(F)F)cc2)ccc13. The average Bonchev–Trinajstić information content (AvgIpc) is 3.34. The molecule has 6 aromatic rings. The second-order valence-corrected chi connectivity index (χ2v) is 8.95. The first-order valence-electron chi connectivity index (χ1n) is 11.4. The van der Waals surface area contributed by atoms with E-state index in [2.05, 4.69) is 9.98 Å². The highest BCUT2D eigenvalue weighted by atomic mass is 19.4. The van der Waals surface area contributed by atoms with Crippen LogP contribution >= 0.6 is 0 Å². The molecule has 37 heavy (non-hydrogen) atoms. The Balaban J connectivity index is 1.67. The van der Waals surface area contributed by atoms with Crippen LogP contribution in [-0.4, -0.2) is 0 Å². The molecule has 0 heterocycles. The first kappa shape index (κ1) is 22.5. The third-order valence-corrected chi connectivity index (χ3v) is 6.82. The van der Waals surface area contributed by atoms with Crippen molar-refractivity contribution >= 4 is 43.1 Å². The summed E-state index contributed by atoms with van der Waals surface area (Å²) in [6.45, 7) is 1.98. The Bertz CT molecular complexity index is 2100. The maximum Gasteiger partial charge on any atom is 0.416 e. The van der Waals surface area contributed by atoms with Gasteiger partial charge in [0.15, 0.2) is 0 Å². The molecule has 0 saturated carbocycles. The van der Waals surface area contributed by atoms with E-state index >= 15 is 0 Å². The van der Waals surface area contributed by atoms with Gasteiger partial charge in [-0.2, -0.15) is 33.7 Å². The van der Waals surface area contributed by atoms with E-state index in [4.69, 9.17) is 0 Å². The molecule has 176 valence electrons. The fraction of sp³-hybridized carbons (Fsp3) is 0.0667. The Morgan fingerprint density at radius 2 is 1.05 bits per heavy atom. The first-order chi connectivity index (χ1) is 17.8. The fourth-order valence-electron chi connectivity index (χ4n) is 5.16. The number of hydrogen-bond acceptors (Lipinski definition) is 4. The third kappa shape index (κ3) is 3.44. The minimum absolute atomic E-state index is 0.503. The summed E-state index contributed by atoms with van der Waals surface area (Å²) in [5.41, 5.74) is 1.68. The molecule has 0 aliphatic carbocycles. The van der Waals surface area contributed by atoms with Crippen molar-refractivity contribution in [2.75, 3.05) is 0 Å². The van der Waals surface area contributed by atoms with Crippen molar-refractivity contribution < 1.29 is 13.2 Å². The monoisotopic (exact) mass is 488 g/mol. The summed E-state index contributed by atoms with van der Waals surface area (Å²) in [7, 11) is 0. The van der Waals surface area contributed by atoms with E-state index < -0.39 is 11.7 Å². The summed E-state index contributed by atoms with van der Waals surface area (Å²) in [5, 5.41) is 26.7. The standard InChI is InChI=1S/C30H15F3N4/c1-16-2-8-20-22-12-27-23(13-26(22)28(36-14-34)24(20)10-16)21-9-5-18(11-25(21)29(27)37-15-35)17-3-6-19(7-4-17)30(31,32)33/h2-13H,1H3. The average molecular weight is 488 g/mol. The quantitative estimate of drug-likeness (QED) is 0.235. The number of rotatable bonds is 1. The molecule has 0 aromatic heterocycles. The zero-order chi connectivity index (χ0) is 25.9. The molecule has 0 spiro atoms. The molecule has 0 aliphatic heterocycles. The number of benzene rings is 4. The fourth-order valence-corrected chi connectivity index (χ4v) is 5.16. The molecule has 7 heteroatoms. The zero-order valence-electron chi connectivity index (χ0n) is 19.4. The first-order valence-corrected chi connectivity index (χ1v) is 11.4. The third-order valence-electron chi connectivity index (χ3n) is 6.82. The van der Waals surface area contributed by atoms with Gasteiger partial charge >= 0.3 is 6.18 Å². The molecule has 6 aromatic carbocycles. The maximum absolute atomic E-state index is 13.0. The van der Waals surface area contributed by atoms with Crippen molar-refractivity contribution in [2.45, 2.75) is 13.1 Å². The Labute approximate surface area is 208 Å². The second kappa shape index (κ2) is 8.01. The normalized spacial score (nSPS) is 13.1. The summed E-state index contributed by atoms with van der Waals surface area (Å²) in [6.07, 6.45) is -0.596. The Morgan fingerprint density at radius 3 is 1.59 bits per heavy atom. The van der Waals surface area contributed by atoms with Crippen LogP contribution < -0.4 is 10.7 Å². The van der Waals surface area contributed by atoms with Gasteiger partial charge < -0.3 is 0 Å². The van der Waals surface area contributed by atoms with Gasteiger partial charge in [-0.25, -0.2) is 0 Å². The van der Waals surface area contributed by atoms with Gasteiger partial charge in [-0.3, -0.25) is 0 Å². The number of nitrogens with zero attached hydrogens (tertiary/aromatic N) is 4. The van der Waals surface area contributed by atoms with Crippen LogP contribution in [0.15, 0.2) is 82.8 Å². The maximum atomic E-state index is 13.0. The van der Waals surface area contributed by atoms with Crippen LogP contribution in [0.5, 0.6) is 0 Å². The highest BCUT2D eigenvalue weighted by molar-refractivity contribution is 6.21. The number of hydrogen-bond donors (Lipinski definition) is 0. The summed E-state index contributed by atoms with van der Waals surface area (Å²) in [5.74, 6) is 0. The van der Waals surface area contributed by atoms with Crippen molar-refractivity contribution in [1.29, 1.82) is 10.5 Å². The molecule has 0 fully saturated rings. The van der Waals surface area contributed by atoms with E-state index in [1.54, 1.807) is 0 Å². The smallest absolute Gasteiger partial charge is 0.172 e. The molecule has 6 rings (SSSR count). The van der Waals surface area contributed by atoms with Gasteiger partial charge in [0.2, 0.25) is 12.4 Å². The lowest BCUT2D eigenvalue weighted by Gasteiger charge is -2.08. The number of nitriles is 2. The van der Waals surface area contributed by atoms with E-state index in [0.29, 0.717) is 21.8 Å². The molecular weight excluding hydrogens is 473 g/mol.